The minimum Gasteiger partial charge on any atom is -0.462 e. The quantitative estimate of drug-likeness (QED) is 0.0261. The van der Waals surface area contributed by atoms with E-state index < -0.39 is 6.10 Å². The minimum absolute atomic E-state index is 0.0661. The second kappa shape index (κ2) is 61.4. The largest absolute Gasteiger partial charge is 0.462 e. The molecule has 0 aliphatic rings. The molecule has 0 radical (unpaired) electrons. The van der Waals surface area contributed by atoms with E-state index in [1.54, 1.807) is 0 Å². The number of hydrogen-bond donors (Lipinski definition) is 0. The molecule has 0 fully saturated rings. The first kappa shape index (κ1) is 69.9. The molecule has 0 bridgehead atoms. The molecule has 0 heterocycles. The summed E-state index contributed by atoms with van der Waals surface area (Å²) in [5.74, 6) is -0.841. The molecule has 72 heavy (non-hydrogen) atoms. The van der Waals surface area contributed by atoms with Gasteiger partial charge in [0.05, 0.1) is 0 Å². The zero-order chi connectivity index (χ0) is 52.2. The number of rotatable bonds is 60. The van der Waals surface area contributed by atoms with Gasteiger partial charge in [0.1, 0.15) is 13.2 Å². The van der Waals surface area contributed by atoms with Gasteiger partial charge in [0, 0.05) is 19.3 Å². The van der Waals surface area contributed by atoms with Crippen LogP contribution < -0.4 is 0 Å². The summed E-state index contributed by atoms with van der Waals surface area (Å²) in [6, 6.07) is 0. The van der Waals surface area contributed by atoms with Crippen molar-refractivity contribution in [3.8, 4) is 0 Å². The van der Waals surface area contributed by atoms with E-state index in [1.165, 1.54) is 257 Å². The number of hydrogen-bond acceptors (Lipinski definition) is 6. The monoisotopic (exact) mass is 1010 g/mol. The second-order valence-electron chi connectivity index (χ2n) is 22.0. The first-order valence-electron chi connectivity index (χ1n) is 32.3. The first-order valence-corrected chi connectivity index (χ1v) is 32.3. The first-order chi connectivity index (χ1) is 35.5. The Kier molecular flexibility index (Phi) is 59.6. The van der Waals surface area contributed by atoms with Crippen LogP contribution in [0.15, 0.2) is 24.3 Å². The van der Waals surface area contributed by atoms with Crippen LogP contribution in [0.3, 0.4) is 0 Å². The van der Waals surface area contributed by atoms with Crippen LogP contribution in [0.5, 0.6) is 0 Å². The molecular weight excluding hydrogens is 889 g/mol. The van der Waals surface area contributed by atoms with Crippen LogP contribution in [0.25, 0.3) is 0 Å². The highest BCUT2D eigenvalue weighted by Gasteiger charge is 2.19. The molecule has 1 atom stereocenters. The maximum Gasteiger partial charge on any atom is 0.306 e. The third-order valence-corrected chi connectivity index (χ3v) is 14.7. The summed E-state index contributed by atoms with van der Waals surface area (Å²) in [5, 5.41) is 0. The van der Waals surface area contributed by atoms with Gasteiger partial charge in [-0.15, -0.1) is 0 Å². The van der Waals surface area contributed by atoms with Gasteiger partial charge in [0.25, 0.3) is 0 Å². The summed E-state index contributed by atoms with van der Waals surface area (Å²) in [6.45, 7) is 6.70. The number of ether oxygens (including phenoxy) is 3. The van der Waals surface area contributed by atoms with E-state index in [0.717, 1.165) is 64.2 Å². The molecule has 6 nitrogen and oxygen atoms in total. The fraction of sp³-hybridized carbons (Fsp3) is 0.894. The molecule has 0 aromatic carbocycles. The van der Waals surface area contributed by atoms with E-state index in [0.29, 0.717) is 19.3 Å². The molecule has 0 spiro atoms. The van der Waals surface area contributed by atoms with Crippen molar-refractivity contribution in [1.82, 2.24) is 0 Å². The normalized spacial score (nSPS) is 12.1. The highest BCUT2D eigenvalue weighted by atomic mass is 16.6. The number of carbonyl (C=O) groups excluding carboxylic acids is 3. The molecule has 0 aromatic heterocycles. The molecule has 6 heteroatoms. The summed E-state index contributed by atoms with van der Waals surface area (Å²) in [7, 11) is 0. The van der Waals surface area contributed by atoms with Crippen LogP contribution >= 0.6 is 0 Å². The summed E-state index contributed by atoms with van der Waals surface area (Å²) >= 11 is 0. The molecular formula is C66H124O6. The molecule has 0 aliphatic heterocycles. The van der Waals surface area contributed by atoms with Gasteiger partial charge in [-0.1, -0.05) is 315 Å². The van der Waals surface area contributed by atoms with Crippen molar-refractivity contribution in [2.45, 2.75) is 367 Å². The predicted molar refractivity (Wildman–Crippen MR) is 312 cm³/mol. The van der Waals surface area contributed by atoms with E-state index >= 15 is 0 Å². The summed E-state index contributed by atoms with van der Waals surface area (Å²) in [6.07, 6.45) is 73.2. The molecule has 0 rings (SSSR count). The van der Waals surface area contributed by atoms with Crippen LogP contribution in [-0.2, 0) is 28.6 Å². The van der Waals surface area contributed by atoms with Crippen molar-refractivity contribution < 1.29 is 28.6 Å². The molecule has 424 valence electrons. The zero-order valence-corrected chi connectivity index (χ0v) is 48.7. The lowest BCUT2D eigenvalue weighted by molar-refractivity contribution is -0.167. The van der Waals surface area contributed by atoms with E-state index in [4.69, 9.17) is 14.2 Å². The number of esters is 3. The Balaban J connectivity index is 4.30. The van der Waals surface area contributed by atoms with E-state index in [-0.39, 0.29) is 31.1 Å². The molecule has 0 amide bonds. The molecule has 0 N–H and O–H groups in total. The van der Waals surface area contributed by atoms with E-state index in [1.807, 2.05) is 0 Å². The Labute approximate surface area is 449 Å². The van der Waals surface area contributed by atoms with E-state index in [9.17, 15) is 14.4 Å². The lowest BCUT2D eigenvalue weighted by Gasteiger charge is -2.18. The van der Waals surface area contributed by atoms with Crippen molar-refractivity contribution in [3.63, 3.8) is 0 Å². The van der Waals surface area contributed by atoms with Gasteiger partial charge in [-0.05, 0) is 51.4 Å². The minimum atomic E-state index is -0.769. The lowest BCUT2D eigenvalue weighted by Crippen LogP contribution is -2.30. The summed E-state index contributed by atoms with van der Waals surface area (Å²) in [4.78, 5) is 38.3. The number of carbonyl (C=O) groups is 3. The Morgan fingerprint density at radius 3 is 0.764 bits per heavy atom. The SMILES string of the molecule is CCCCCCC/C=C\C/C=C\CCCCCCCCCCCC(=O)OCC(COC(=O)CCCCCCCCCCCCCCCCC)OC(=O)CCCCCCCCCCCCCCCCCCCC. The molecule has 0 aliphatic carbocycles. The maximum absolute atomic E-state index is 12.9. The van der Waals surface area contributed by atoms with Crippen LogP contribution in [-0.4, -0.2) is 37.2 Å². The lowest BCUT2D eigenvalue weighted by atomic mass is 10.0. The van der Waals surface area contributed by atoms with Crippen molar-refractivity contribution in [2.24, 2.45) is 0 Å². The fourth-order valence-corrected chi connectivity index (χ4v) is 9.83. The molecule has 0 saturated heterocycles. The number of unbranched alkanes of at least 4 members (excludes halogenated alkanes) is 45. The van der Waals surface area contributed by atoms with Crippen LogP contribution in [0.1, 0.15) is 361 Å². The average Bonchev–Trinajstić information content (AvgIpc) is 3.38. The van der Waals surface area contributed by atoms with Crippen LogP contribution in [0, 0.1) is 0 Å². The number of allylic oxidation sites excluding steroid dienone is 4. The zero-order valence-electron chi connectivity index (χ0n) is 48.7. The highest BCUT2D eigenvalue weighted by Crippen LogP contribution is 2.18. The van der Waals surface area contributed by atoms with Crippen molar-refractivity contribution >= 4 is 17.9 Å². The van der Waals surface area contributed by atoms with Gasteiger partial charge in [0.2, 0.25) is 0 Å². The van der Waals surface area contributed by atoms with Crippen molar-refractivity contribution in [2.75, 3.05) is 13.2 Å². The van der Waals surface area contributed by atoms with Gasteiger partial charge in [0.15, 0.2) is 6.10 Å². The fourth-order valence-electron chi connectivity index (χ4n) is 9.83. The third kappa shape index (κ3) is 58.8. The summed E-state index contributed by atoms with van der Waals surface area (Å²) in [5.41, 5.74) is 0. The van der Waals surface area contributed by atoms with Gasteiger partial charge >= 0.3 is 17.9 Å². The Hall–Kier alpha value is -2.11. The van der Waals surface area contributed by atoms with Gasteiger partial charge in [-0.25, -0.2) is 0 Å². The average molecular weight is 1010 g/mol. The predicted octanol–water partition coefficient (Wildman–Crippen LogP) is 21.8. The Bertz CT molecular complexity index is 1160. The molecule has 1 unspecified atom stereocenters. The highest BCUT2D eigenvalue weighted by molar-refractivity contribution is 5.71. The van der Waals surface area contributed by atoms with Gasteiger partial charge in [-0.2, -0.15) is 0 Å². The molecule has 0 saturated carbocycles. The second-order valence-corrected chi connectivity index (χ2v) is 22.0. The van der Waals surface area contributed by atoms with Gasteiger partial charge < -0.3 is 14.2 Å². The topological polar surface area (TPSA) is 78.9 Å². The Morgan fingerprint density at radius 2 is 0.500 bits per heavy atom. The van der Waals surface area contributed by atoms with Crippen molar-refractivity contribution in [3.05, 3.63) is 24.3 Å². The van der Waals surface area contributed by atoms with Gasteiger partial charge in [-0.3, -0.25) is 14.4 Å². The summed E-state index contributed by atoms with van der Waals surface area (Å²) < 4.78 is 17.0. The standard InChI is InChI=1S/C66H124O6/c1-4-7-10-13-16-19-22-25-28-30-32-33-34-36-38-41-44-47-50-53-56-59-65(68)71-62-63(61-70-64(67)58-55-52-49-46-43-40-37-27-24-21-18-15-12-9-6-3)72-66(69)60-57-54-51-48-45-42-39-35-31-29-26-23-20-17-14-11-8-5-2/h22,25,30,32,63H,4-21,23-24,26-29,31,33-62H2,1-3H3/b25-22-,32-30-. The van der Waals surface area contributed by atoms with Crippen molar-refractivity contribution in [1.29, 1.82) is 0 Å². The Morgan fingerprint density at radius 1 is 0.278 bits per heavy atom. The molecule has 0 aromatic rings. The smallest absolute Gasteiger partial charge is 0.306 e. The maximum atomic E-state index is 12.9. The van der Waals surface area contributed by atoms with Crippen LogP contribution in [0.4, 0.5) is 0 Å². The van der Waals surface area contributed by atoms with E-state index in [2.05, 4.69) is 45.1 Å². The third-order valence-electron chi connectivity index (χ3n) is 14.7. The van der Waals surface area contributed by atoms with Crippen LogP contribution in [0.2, 0.25) is 0 Å².